The number of aliphatic carboxylic acids is 4. The van der Waals surface area contributed by atoms with Crippen molar-refractivity contribution in [2.75, 3.05) is 0 Å². The number of hydrogen-bond donors (Lipinski definition) is 0. The molecular formula is C10H8O8-4. The van der Waals surface area contributed by atoms with Crippen molar-refractivity contribution < 1.29 is 39.6 Å². The third-order valence-corrected chi connectivity index (χ3v) is 3.20. The Morgan fingerprint density at radius 1 is 0.556 bits per heavy atom. The van der Waals surface area contributed by atoms with Crippen molar-refractivity contribution in [1.29, 1.82) is 0 Å². The summed E-state index contributed by atoms with van der Waals surface area (Å²) in [6.45, 7) is 0. The average Bonchev–Trinajstić information content (AvgIpc) is 2.26. The largest absolute Gasteiger partial charge is 0.550 e. The van der Waals surface area contributed by atoms with E-state index in [2.05, 4.69) is 0 Å². The van der Waals surface area contributed by atoms with E-state index in [0.29, 0.717) is 0 Å². The van der Waals surface area contributed by atoms with Crippen LogP contribution in [0.2, 0.25) is 0 Å². The molecule has 0 unspecified atom stereocenters. The van der Waals surface area contributed by atoms with Crippen LogP contribution in [0.25, 0.3) is 0 Å². The maximum absolute atomic E-state index is 10.7. The molecule has 1 aliphatic carbocycles. The number of hydrogen-bond acceptors (Lipinski definition) is 8. The van der Waals surface area contributed by atoms with Gasteiger partial charge in [-0.2, -0.15) is 0 Å². The highest BCUT2D eigenvalue weighted by molar-refractivity contribution is 5.83. The number of rotatable bonds is 4. The van der Waals surface area contributed by atoms with Gasteiger partial charge in [0.15, 0.2) is 0 Å². The minimum Gasteiger partial charge on any atom is -0.550 e. The number of carboxylic acids is 4. The van der Waals surface area contributed by atoms with Crippen molar-refractivity contribution in [3.8, 4) is 0 Å². The maximum Gasteiger partial charge on any atom is 0.0452 e. The van der Waals surface area contributed by atoms with Crippen LogP contribution in [0.15, 0.2) is 0 Å². The first-order chi connectivity index (χ1) is 8.25. The van der Waals surface area contributed by atoms with E-state index in [1.807, 2.05) is 0 Å². The van der Waals surface area contributed by atoms with Crippen molar-refractivity contribution in [3.05, 3.63) is 0 Å². The second kappa shape index (κ2) is 5.03. The highest BCUT2D eigenvalue weighted by atomic mass is 16.4. The van der Waals surface area contributed by atoms with Gasteiger partial charge in [-0.25, -0.2) is 0 Å². The van der Waals surface area contributed by atoms with Gasteiger partial charge < -0.3 is 39.6 Å². The van der Waals surface area contributed by atoms with Crippen molar-refractivity contribution in [1.82, 2.24) is 0 Å². The molecule has 0 aromatic carbocycles. The van der Waals surface area contributed by atoms with Gasteiger partial charge in [-0.15, -0.1) is 0 Å². The van der Waals surface area contributed by atoms with Crippen molar-refractivity contribution >= 4 is 23.9 Å². The van der Waals surface area contributed by atoms with Gasteiger partial charge in [-0.1, -0.05) is 0 Å². The molecule has 0 aromatic rings. The van der Waals surface area contributed by atoms with Gasteiger partial charge >= 0.3 is 0 Å². The summed E-state index contributed by atoms with van der Waals surface area (Å²) >= 11 is 0. The van der Waals surface area contributed by atoms with E-state index in [0.717, 1.165) is 0 Å². The third-order valence-electron chi connectivity index (χ3n) is 3.20. The van der Waals surface area contributed by atoms with Gasteiger partial charge in [0.05, 0.1) is 0 Å². The van der Waals surface area contributed by atoms with Crippen molar-refractivity contribution in [2.45, 2.75) is 12.8 Å². The summed E-state index contributed by atoms with van der Waals surface area (Å²) in [7, 11) is 0. The van der Waals surface area contributed by atoms with Crippen LogP contribution in [0, 0.1) is 23.7 Å². The highest BCUT2D eigenvalue weighted by Crippen LogP contribution is 2.37. The lowest BCUT2D eigenvalue weighted by Crippen LogP contribution is -2.55. The fraction of sp³-hybridized carbons (Fsp3) is 0.600. The second-order valence-corrected chi connectivity index (χ2v) is 4.17. The molecule has 0 heterocycles. The Balaban J connectivity index is 3.06. The van der Waals surface area contributed by atoms with Crippen LogP contribution in [0.3, 0.4) is 0 Å². The van der Waals surface area contributed by atoms with E-state index in [1.165, 1.54) is 0 Å². The molecule has 18 heavy (non-hydrogen) atoms. The fourth-order valence-electron chi connectivity index (χ4n) is 2.25. The molecule has 1 rings (SSSR count). The van der Waals surface area contributed by atoms with Crippen LogP contribution in [0.1, 0.15) is 12.8 Å². The van der Waals surface area contributed by atoms with Crippen LogP contribution in [-0.4, -0.2) is 23.9 Å². The van der Waals surface area contributed by atoms with Gasteiger partial charge in [0.2, 0.25) is 0 Å². The first-order valence-corrected chi connectivity index (χ1v) is 5.09. The lowest BCUT2D eigenvalue weighted by atomic mass is 9.68. The summed E-state index contributed by atoms with van der Waals surface area (Å²) < 4.78 is 0. The maximum atomic E-state index is 10.7. The molecule has 0 amide bonds. The topological polar surface area (TPSA) is 161 Å². The molecule has 0 aromatic heterocycles. The second-order valence-electron chi connectivity index (χ2n) is 4.17. The van der Waals surface area contributed by atoms with E-state index < -0.39 is 60.4 Å². The van der Waals surface area contributed by atoms with Crippen LogP contribution in [0.5, 0.6) is 0 Å². The Morgan fingerprint density at radius 2 is 0.722 bits per heavy atom. The smallest absolute Gasteiger partial charge is 0.0452 e. The Bertz CT molecular complexity index is 327. The zero-order chi connectivity index (χ0) is 14.0. The molecule has 8 heteroatoms. The molecule has 1 fully saturated rings. The molecule has 1 aliphatic rings. The van der Waals surface area contributed by atoms with Crippen LogP contribution >= 0.6 is 0 Å². The zero-order valence-electron chi connectivity index (χ0n) is 8.99. The number of carboxylic acid groups (broad SMARTS) is 4. The van der Waals surface area contributed by atoms with E-state index in [1.54, 1.807) is 0 Å². The van der Waals surface area contributed by atoms with Crippen molar-refractivity contribution in [3.63, 3.8) is 0 Å². The van der Waals surface area contributed by atoms with Gasteiger partial charge in [0.25, 0.3) is 0 Å². The zero-order valence-corrected chi connectivity index (χ0v) is 8.99. The molecule has 8 nitrogen and oxygen atoms in total. The Kier molecular flexibility index (Phi) is 3.89. The molecule has 0 saturated heterocycles. The number of carbonyl (C=O) groups excluding carboxylic acids is 4. The van der Waals surface area contributed by atoms with Gasteiger partial charge in [-0.3, -0.25) is 0 Å². The molecular weight excluding hydrogens is 248 g/mol. The predicted octanol–water partition coefficient (Wildman–Crippen LogP) is -5.76. The first-order valence-electron chi connectivity index (χ1n) is 5.09. The number of carbonyl (C=O) groups is 4. The van der Waals surface area contributed by atoms with Crippen molar-refractivity contribution in [2.24, 2.45) is 23.7 Å². The summed E-state index contributed by atoms with van der Waals surface area (Å²) in [5, 5.41) is 42.9. The first kappa shape index (κ1) is 13.9. The van der Waals surface area contributed by atoms with Crippen LogP contribution in [0.4, 0.5) is 0 Å². The van der Waals surface area contributed by atoms with Gasteiger partial charge in [-0.05, 0) is 12.8 Å². The molecule has 4 atom stereocenters. The SMILES string of the molecule is O=C([O-])[C@H]1C[C@H](C(=O)[O-])[C@H](C(=O)[O-])C[C@H]1C(=O)[O-]. The third kappa shape index (κ3) is 2.58. The van der Waals surface area contributed by atoms with Gasteiger partial charge in [0.1, 0.15) is 0 Å². The highest BCUT2D eigenvalue weighted by Gasteiger charge is 2.39. The Labute approximate surface area is 101 Å². The lowest BCUT2D eigenvalue weighted by Gasteiger charge is -2.43. The summed E-state index contributed by atoms with van der Waals surface area (Å²) in [6, 6.07) is 0. The minimum atomic E-state index is -1.76. The molecule has 1 saturated carbocycles. The summed E-state index contributed by atoms with van der Waals surface area (Å²) in [4.78, 5) is 42.9. The van der Waals surface area contributed by atoms with Crippen LogP contribution in [-0.2, 0) is 19.2 Å². The summed E-state index contributed by atoms with van der Waals surface area (Å²) in [5.74, 6) is -13.5. The van der Waals surface area contributed by atoms with E-state index in [-0.39, 0.29) is 0 Å². The van der Waals surface area contributed by atoms with Gasteiger partial charge in [0, 0.05) is 47.5 Å². The predicted molar refractivity (Wildman–Crippen MR) is 43.2 cm³/mol. The molecule has 0 aliphatic heterocycles. The Morgan fingerprint density at radius 3 is 0.833 bits per heavy atom. The summed E-state index contributed by atoms with van der Waals surface area (Å²) in [6.07, 6.45) is -1.38. The molecule has 100 valence electrons. The molecule has 0 N–H and O–H groups in total. The molecule has 0 bridgehead atoms. The summed E-state index contributed by atoms with van der Waals surface area (Å²) in [5.41, 5.74) is 0. The monoisotopic (exact) mass is 256 g/mol. The average molecular weight is 256 g/mol. The lowest BCUT2D eigenvalue weighted by molar-refractivity contribution is -0.340. The van der Waals surface area contributed by atoms with Crippen LogP contribution < -0.4 is 20.4 Å². The van der Waals surface area contributed by atoms with E-state index >= 15 is 0 Å². The molecule has 0 radical (unpaired) electrons. The normalized spacial score (nSPS) is 31.6. The van der Waals surface area contributed by atoms with E-state index in [4.69, 9.17) is 0 Å². The fourth-order valence-corrected chi connectivity index (χ4v) is 2.25. The quantitative estimate of drug-likeness (QED) is 0.480. The minimum absolute atomic E-state index is 0.692. The molecule has 0 spiro atoms. The van der Waals surface area contributed by atoms with E-state index in [9.17, 15) is 39.6 Å². The standard InChI is InChI=1S/C10H12O8/c11-7(12)3-1-4(8(13)14)6(10(17)18)2-5(3)9(15)16/h3-6H,1-2H2,(H,11,12)(H,13,14)(H,15,16)(H,17,18)/p-4/t3-,4-,5+,6+. The Hall–Kier alpha value is -2.12.